The zero-order valence-corrected chi connectivity index (χ0v) is 20.4. The molecule has 0 heterocycles. The van der Waals surface area contributed by atoms with E-state index in [1.807, 2.05) is 0 Å². The standard InChI is InChI=1S/C32H45/c1-2-3-4-5-6-7-8-9-10-11-12-13-14-15-16-17-21-28-23-20-25-32-30-24-19-18-22-29(30)26-27-31(28)32/h18-20,22-27H,1-17,21H2. The van der Waals surface area contributed by atoms with Crippen molar-refractivity contribution in [2.75, 3.05) is 0 Å². The Morgan fingerprint density at radius 3 is 1.56 bits per heavy atom. The summed E-state index contributed by atoms with van der Waals surface area (Å²) in [6.07, 6.45) is 23.6. The predicted molar refractivity (Wildman–Crippen MR) is 144 cm³/mol. The minimum Gasteiger partial charge on any atom is -0.0616 e. The van der Waals surface area contributed by atoms with Crippen molar-refractivity contribution in [2.45, 2.75) is 109 Å². The summed E-state index contributed by atoms with van der Waals surface area (Å²) in [6.45, 7) is 3.92. The number of benzene rings is 3. The Balaban J connectivity index is 1.22. The van der Waals surface area contributed by atoms with Crippen LogP contribution in [0.25, 0.3) is 21.5 Å². The second kappa shape index (κ2) is 15.1. The molecule has 0 heteroatoms. The zero-order valence-electron chi connectivity index (χ0n) is 20.4. The molecule has 32 heavy (non-hydrogen) atoms. The summed E-state index contributed by atoms with van der Waals surface area (Å²) in [5.74, 6) is 0. The van der Waals surface area contributed by atoms with Gasteiger partial charge in [-0.15, -0.1) is 0 Å². The highest BCUT2D eigenvalue weighted by atomic mass is 14.1. The maximum absolute atomic E-state index is 3.92. The molecule has 0 atom stereocenters. The van der Waals surface area contributed by atoms with Gasteiger partial charge in [0.15, 0.2) is 0 Å². The number of hydrogen-bond donors (Lipinski definition) is 0. The molecule has 0 saturated carbocycles. The van der Waals surface area contributed by atoms with Crippen molar-refractivity contribution in [2.24, 2.45) is 0 Å². The molecule has 0 spiro atoms. The van der Waals surface area contributed by atoms with Crippen LogP contribution >= 0.6 is 0 Å². The summed E-state index contributed by atoms with van der Waals surface area (Å²) >= 11 is 0. The Kier molecular flexibility index (Phi) is 11.7. The van der Waals surface area contributed by atoms with Crippen molar-refractivity contribution in [1.82, 2.24) is 0 Å². The molecule has 173 valence electrons. The molecule has 0 fully saturated rings. The first-order chi connectivity index (χ1) is 15.9. The fourth-order valence-electron chi connectivity index (χ4n) is 5.11. The first kappa shape index (κ1) is 24.8. The van der Waals surface area contributed by atoms with Gasteiger partial charge in [0, 0.05) is 0 Å². The van der Waals surface area contributed by atoms with Gasteiger partial charge in [0.05, 0.1) is 0 Å². The highest BCUT2D eigenvalue weighted by Gasteiger charge is 2.04. The van der Waals surface area contributed by atoms with Crippen LogP contribution in [0.2, 0.25) is 0 Å². The molecule has 0 N–H and O–H groups in total. The van der Waals surface area contributed by atoms with Crippen LogP contribution in [0.3, 0.4) is 0 Å². The van der Waals surface area contributed by atoms with Crippen molar-refractivity contribution in [1.29, 1.82) is 0 Å². The Bertz CT molecular complexity index is 891. The average Bonchev–Trinajstić information content (AvgIpc) is 2.83. The van der Waals surface area contributed by atoms with E-state index in [0.717, 1.165) is 6.42 Å². The lowest BCUT2D eigenvalue weighted by Gasteiger charge is -2.09. The van der Waals surface area contributed by atoms with Gasteiger partial charge in [-0.2, -0.15) is 0 Å². The number of aryl methyl sites for hydroxylation is 1. The van der Waals surface area contributed by atoms with Gasteiger partial charge >= 0.3 is 0 Å². The molecule has 0 bridgehead atoms. The van der Waals surface area contributed by atoms with Crippen LogP contribution < -0.4 is 0 Å². The summed E-state index contributed by atoms with van der Waals surface area (Å²) in [6, 6.07) is 20.2. The van der Waals surface area contributed by atoms with Crippen molar-refractivity contribution in [3.63, 3.8) is 0 Å². The smallest absolute Gasteiger partial charge is 0.0103 e. The van der Waals surface area contributed by atoms with E-state index in [1.54, 1.807) is 0 Å². The van der Waals surface area contributed by atoms with E-state index in [9.17, 15) is 0 Å². The molecule has 0 aliphatic rings. The summed E-state index contributed by atoms with van der Waals surface area (Å²) in [5, 5.41) is 5.59. The largest absolute Gasteiger partial charge is 0.0616 e. The molecule has 0 unspecified atom stereocenters. The summed E-state index contributed by atoms with van der Waals surface area (Å²) < 4.78 is 0. The summed E-state index contributed by atoms with van der Waals surface area (Å²) in [5.41, 5.74) is 1.52. The van der Waals surface area contributed by atoms with Crippen LogP contribution in [-0.2, 0) is 6.42 Å². The molecule has 0 aliphatic heterocycles. The topological polar surface area (TPSA) is 0 Å². The molecule has 0 amide bonds. The van der Waals surface area contributed by atoms with E-state index in [2.05, 4.69) is 61.5 Å². The number of unbranched alkanes of at least 4 members (excludes halogenated alkanes) is 15. The maximum Gasteiger partial charge on any atom is -0.0103 e. The van der Waals surface area contributed by atoms with Gasteiger partial charge in [-0.1, -0.05) is 158 Å². The van der Waals surface area contributed by atoms with E-state index in [1.165, 1.54) is 130 Å². The van der Waals surface area contributed by atoms with Gasteiger partial charge < -0.3 is 0 Å². The first-order valence-electron chi connectivity index (χ1n) is 13.6. The summed E-state index contributed by atoms with van der Waals surface area (Å²) in [7, 11) is 0. The SMILES string of the molecule is [CH2]CCCCCCCCCCCCCCCCCc1cccc2c1ccc1ccccc12. The molecular weight excluding hydrogens is 384 g/mol. The lowest BCUT2D eigenvalue weighted by molar-refractivity contribution is 0.531. The van der Waals surface area contributed by atoms with Gasteiger partial charge in [-0.3, -0.25) is 0 Å². The number of fused-ring (bicyclic) bond motifs is 3. The minimum atomic E-state index is 1.11. The molecule has 3 aromatic carbocycles. The Morgan fingerprint density at radius 1 is 0.406 bits per heavy atom. The molecule has 0 nitrogen and oxygen atoms in total. The Labute approximate surface area is 197 Å². The Hall–Kier alpha value is -1.82. The van der Waals surface area contributed by atoms with Crippen molar-refractivity contribution >= 4 is 21.5 Å². The maximum atomic E-state index is 3.92. The van der Waals surface area contributed by atoms with E-state index in [4.69, 9.17) is 0 Å². The second-order valence-electron chi connectivity index (χ2n) is 9.71. The average molecular weight is 430 g/mol. The van der Waals surface area contributed by atoms with Gasteiger partial charge in [0.2, 0.25) is 0 Å². The van der Waals surface area contributed by atoms with Crippen molar-refractivity contribution < 1.29 is 0 Å². The van der Waals surface area contributed by atoms with Gasteiger partial charge in [-0.25, -0.2) is 0 Å². The summed E-state index contributed by atoms with van der Waals surface area (Å²) in [4.78, 5) is 0. The van der Waals surface area contributed by atoms with Crippen LogP contribution in [-0.4, -0.2) is 0 Å². The zero-order chi connectivity index (χ0) is 22.3. The number of hydrogen-bond acceptors (Lipinski definition) is 0. The first-order valence-corrected chi connectivity index (χ1v) is 13.6. The van der Waals surface area contributed by atoms with Crippen LogP contribution in [0.1, 0.15) is 108 Å². The molecule has 3 rings (SSSR count). The second-order valence-corrected chi connectivity index (χ2v) is 9.71. The van der Waals surface area contributed by atoms with Crippen molar-refractivity contribution in [3.05, 3.63) is 67.1 Å². The van der Waals surface area contributed by atoms with Crippen LogP contribution in [0.15, 0.2) is 54.6 Å². The van der Waals surface area contributed by atoms with E-state index >= 15 is 0 Å². The lowest BCUT2D eigenvalue weighted by atomic mass is 9.95. The number of rotatable bonds is 17. The molecule has 0 aliphatic carbocycles. The molecule has 3 aromatic rings. The Morgan fingerprint density at radius 2 is 0.938 bits per heavy atom. The van der Waals surface area contributed by atoms with E-state index < -0.39 is 0 Å². The van der Waals surface area contributed by atoms with Crippen LogP contribution in [0, 0.1) is 6.92 Å². The fourth-order valence-corrected chi connectivity index (χ4v) is 5.11. The van der Waals surface area contributed by atoms with Crippen LogP contribution in [0.4, 0.5) is 0 Å². The molecule has 0 saturated heterocycles. The van der Waals surface area contributed by atoms with Crippen LogP contribution in [0.5, 0.6) is 0 Å². The highest BCUT2D eigenvalue weighted by Crippen LogP contribution is 2.28. The quantitative estimate of drug-likeness (QED) is 0.148. The van der Waals surface area contributed by atoms with E-state index in [-0.39, 0.29) is 0 Å². The predicted octanol–water partition coefficient (Wildman–Crippen LogP) is 10.6. The third-order valence-electron chi connectivity index (χ3n) is 7.07. The molecular formula is C32H45. The fraction of sp³-hybridized carbons (Fsp3) is 0.531. The van der Waals surface area contributed by atoms with Gasteiger partial charge in [-0.05, 0) is 39.9 Å². The third-order valence-corrected chi connectivity index (χ3v) is 7.07. The van der Waals surface area contributed by atoms with Gasteiger partial charge in [0.1, 0.15) is 0 Å². The minimum absolute atomic E-state index is 1.11. The van der Waals surface area contributed by atoms with Crippen molar-refractivity contribution in [3.8, 4) is 0 Å². The third kappa shape index (κ3) is 8.27. The lowest BCUT2D eigenvalue weighted by Crippen LogP contribution is -1.89. The van der Waals surface area contributed by atoms with Gasteiger partial charge in [0.25, 0.3) is 0 Å². The van der Waals surface area contributed by atoms with E-state index in [0.29, 0.717) is 0 Å². The highest BCUT2D eigenvalue weighted by molar-refractivity contribution is 6.08. The monoisotopic (exact) mass is 429 g/mol. The molecule has 1 radical (unpaired) electrons. The molecule has 0 aromatic heterocycles. The normalized spacial score (nSPS) is 11.5.